The van der Waals surface area contributed by atoms with E-state index < -0.39 is 15.2 Å². The van der Waals surface area contributed by atoms with E-state index in [9.17, 15) is 18.5 Å². The second-order valence-corrected chi connectivity index (χ2v) is 3.82. The number of nitrogens with two attached hydrogens (primary N) is 1. The molecular weight excluding hydrogens is 240 g/mol. The van der Waals surface area contributed by atoms with Gasteiger partial charge in [-0.25, -0.2) is 0 Å². The molecule has 0 bridgehead atoms. The van der Waals surface area contributed by atoms with E-state index in [-0.39, 0.29) is 17.2 Å². The highest BCUT2D eigenvalue weighted by atomic mass is 32.2. The molecule has 16 heavy (non-hydrogen) atoms. The molecule has 0 heterocycles. The highest BCUT2D eigenvalue weighted by molar-refractivity contribution is 7.84. The molecule has 0 aliphatic heterocycles. The summed E-state index contributed by atoms with van der Waals surface area (Å²) in [6.07, 6.45) is 0. The van der Waals surface area contributed by atoms with Gasteiger partial charge in [0.05, 0.1) is 18.1 Å². The summed E-state index contributed by atoms with van der Waals surface area (Å²) in [4.78, 5) is 9.75. The molecule has 8 nitrogen and oxygen atoms in total. The Kier molecular flexibility index (Phi) is 3.30. The lowest BCUT2D eigenvalue weighted by Crippen LogP contribution is -2.19. The molecule has 0 saturated carbocycles. The number of benzene rings is 1. The fraction of sp³-hybridized carbons (Fsp3) is 0.143. The Hall–Kier alpha value is -1.87. The van der Waals surface area contributed by atoms with Gasteiger partial charge in [0.2, 0.25) is 0 Å². The zero-order valence-electron chi connectivity index (χ0n) is 8.11. The first-order valence-corrected chi connectivity index (χ1v) is 5.35. The molecule has 0 amide bonds. The number of nitro groups is 1. The maximum atomic E-state index is 10.7. The molecule has 0 unspecified atom stereocenters. The first kappa shape index (κ1) is 12.2. The minimum Gasteiger partial charge on any atom is -0.493 e. The van der Waals surface area contributed by atoms with Crippen molar-refractivity contribution in [3.63, 3.8) is 0 Å². The predicted octanol–water partition coefficient (Wildman–Crippen LogP) is 0.186. The van der Waals surface area contributed by atoms with Crippen LogP contribution in [0.5, 0.6) is 11.5 Å². The average Bonchev–Trinajstić information content (AvgIpc) is 2.15. The van der Waals surface area contributed by atoms with Gasteiger partial charge in [-0.05, 0) is 6.07 Å². The standard InChI is InChI=1S/C7H8N2O6S/c1-14-6-3-2-5(9(10)11)4-7(6)15-16(8,12)13/h2-4H,1H3,(H2,8,12,13). The lowest BCUT2D eigenvalue weighted by Gasteiger charge is -2.07. The topological polar surface area (TPSA) is 122 Å². The van der Waals surface area contributed by atoms with E-state index in [0.29, 0.717) is 0 Å². The second-order valence-electron chi connectivity index (χ2n) is 2.67. The molecule has 88 valence electrons. The highest BCUT2D eigenvalue weighted by Gasteiger charge is 2.16. The molecule has 1 aromatic rings. The Labute approximate surface area is 91.0 Å². The number of nitrogens with zero attached hydrogens (tertiary/aromatic N) is 1. The highest BCUT2D eigenvalue weighted by Crippen LogP contribution is 2.31. The lowest BCUT2D eigenvalue weighted by molar-refractivity contribution is -0.384. The Morgan fingerprint density at radius 3 is 2.44 bits per heavy atom. The van der Waals surface area contributed by atoms with Gasteiger partial charge in [0.1, 0.15) is 0 Å². The summed E-state index contributed by atoms with van der Waals surface area (Å²) in [5.74, 6) is -0.307. The molecule has 0 fully saturated rings. The van der Waals surface area contributed by atoms with Gasteiger partial charge in [-0.3, -0.25) is 10.1 Å². The first-order chi connectivity index (χ1) is 7.33. The van der Waals surface area contributed by atoms with Crippen LogP contribution >= 0.6 is 0 Å². The number of rotatable bonds is 4. The Morgan fingerprint density at radius 2 is 2.00 bits per heavy atom. The Morgan fingerprint density at radius 1 is 1.38 bits per heavy atom. The van der Waals surface area contributed by atoms with Crippen molar-refractivity contribution in [3.8, 4) is 11.5 Å². The number of methoxy groups -OCH3 is 1. The third-order valence-corrected chi connectivity index (χ3v) is 1.98. The van der Waals surface area contributed by atoms with Gasteiger partial charge in [0, 0.05) is 6.07 Å². The Balaban J connectivity index is 3.22. The molecular formula is C7H8N2O6S. The Bertz CT molecular complexity index is 512. The summed E-state index contributed by atoms with van der Waals surface area (Å²) in [7, 11) is -2.99. The van der Waals surface area contributed by atoms with Crippen LogP contribution < -0.4 is 14.1 Å². The van der Waals surface area contributed by atoms with Gasteiger partial charge in [-0.1, -0.05) is 0 Å². The number of non-ortho nitro benzene ring substituents is 1. The monoisotopic (exact) mass is 248 g/mol. The normalized spacial score (nSPS) is 10.9. The number of hydrogen-bond acceptors (Lipinski definition) is 6. The summed E-state index contributed by atoms with van der Waals surface area (Å²) < 4.78 is 30.5. The van der Waals surface area contributed by atoms with Gasteiger partial charge in [-0.15, -0.1) is 0 Å². The van der Waals surface area contributed by atoms with Gasteiger partial charge in [-0.2, -0.15) is 13.6 Å². The average molecular weight is 248 g/mol. The van der Waals surface area contributed by atoms with Crippen LogP contribution in [0.1, 0.15) is 0 Å². The molecule has 0 aromatic heterocycles. The summed E-state index contributed by atoms with van der Waals surface area (Å²) >= 11 is 0. The fourth-order valence-electron chi connectivity index (χ4n) is 0.969. The summed E-state index contributed by atoms with van der Waals surface area (Å²) in [5.41, 5.74) is -0.334. The number of nitro benzene ring substituents is 1. The third-order valence-electron chi connectivity index (χ3n) is 1.56. The molecule has 0 aliphatic rings. The van der Waals surface area contributed by atoms with Crippen molar-refractivity contribution < 1.29 is 22.3 Å². The smallest absolute Gasteiger partial charge is 0.380 e. The van der Waals surface area contributed by atoms with E-state index in [1.807, 2.05) is 0 Å². The van der Waals surface area contributed by atoms with Crippen LogP contribution in [0.2, 0.25) is 0 Å². The van der Waals surface area contributed by atoms with Crippen LogP contribution in [0.4, 0.5) is 5.69 Å². The number of ether oxygens (including phenoxy) is 1. The summed E-state index contributed by atoms with van der Waals surface area (Å²) in [6.45, 7) is 0. The molecule has 1 rings (SSSR count). The maximum absolute atomic E-state index is 10.7. The molecule has 2 N–H and O–H groups in total. The van der Waals surface area contributed by atoms with Crippen molar-refractivity contribution in [2.75, 3.05) is 7.11 Å². The lowest BCUT2D eigenvalue weighted by atomic mass is 10.3. The second kappa shape index (κ2) is 4.33. The van der Waals surface area contributed by atoms with Crippen LogP contribution in [-0.2, 0) is 10.3 Å². The van der Waals surface area contributed by atoms with E-state index in [4.69, 9.17) is 4.74 Å². The van der Waals surface area contributed by atoms with Crippen molar-refractivity contribution in [3.05, 3.63) is 28.3 Å². The molecule has 0 spiro atoms. The van der Waals surface area contributed by atoms with Crippen LogP contribution in [0.25, 0.3) is 0 Å². The largest absolute Gasteiger partial charge is 0.493 e. The number of hydrogen-bond donors (Lipinski definition) is 1. The van der Waals surface area contributed by atoms with Gasteiger partial charge >= 0.3 is 10.3 Å². The quantitative estimate of drug-likeness (QED) is 0.599. The molecule has 0 aliphatic carbocycles. The fourth-order valence-corrected chi connectivity index (χ4v) is 1.35. The van der Waals surface area contributed by atoms with Crippen molar-refractivity contribution in [1.29, 1.82) is 0 Å². The molecule has 0 radical (unpaired) electrons. The summed E-state index contributed by atoms with van der Waals surface area (Å²) in [6, 6.07) is 3.26. The van der Waals surface area contributed by atoms with E-state index in [1.165, 1.54) is 13.2 Å². The van der Waals surface area contributed by atoms with Crippen LogP contribution in [-0.4, -0.2) is 20.5 Å². The van der Waals surface area contributed by atoms with E-state index in [1.54, 1.807) is 0 Å². The van der Waals surface area contributed by atoms with Crippen LogP contribution in [0.15, 0.2) is 18.2 Å². The molecule has 1 aromatic carbocycles. The summed E-state index contributed by atoms with van der Waals surface area (Å²) in [5, 5.41) is 15.1. The van der Waals surface area contributed by atoms with Crippen molar-refractivity contribution in [2.24, 2.45) is 5.14 Å². The van der Waals surface area contributed by atoms with Gasteiger partial charge in [0.15, 0.2) is 11.5 Å². The van der Waals surface area contributed by atoms with Crippen molar-refractivity contribution in [2.45, 2.75) is 0 Å². The molecule has 0 saturated heterocycles. The first-order valence-electron chi connectivity index (χ1n) is 3.88. The SMILES string of the molecule is COc1ccc([N+](=O)[O-])cc1OS(N)(=O)=O. The van der Waals surface area contributed by atoms with Crippen molar-refractivity contribution in [1.82, 2.24) is 0 Å². The predicted molar refractivity (Wildman–Crippen MR) is 53.4 cm³/mol. The minimum absolute atomic E-state index is 0.0274. The van der Waals surface area contributed by atoms with E-state index >= 15 is 0 Å². The molecule has 0 atom stereocenters. The molecule has 9 heteroatoms. The van der Waals surface area contributed by atoms with E-state index in [0.717, 1.165) is 12.1 Å². The van der Waals surface area contributed by atoms with Gasteiger partial charge in [0.25, 0.3) is 5.69 Å². The zero-order chi connectivity index (χ0) is 12.3. The zero-order valence-corrected chi connectivity index (χ0v) is 8.93. The van der Waals surface area contributed by atoms with Crippen molar-refractivity contribution >= 4 is 16.0 Å². The van der Waals surface area contributed by atoms with E-state index in [2.05, 4.69) is 9.32 Å². The third kappa shape index (κ3) is 3.07. The minimum atomic E-state index is -4.25. The maximum Gasteiger partial charge on any atom is 0.380 e. The van der Waals surface area contributed by atoms with Crippen LogP contribution in [0.3, 0.4) is 0 Å². The van der Waals surface area contributed by atoms with Gasteiger partial charge < -0.3 is 8.92 Å². The van der Waals surface area contributed by atoms with Crippen LogP contribution in [0, 0.1) is 10.1 Å².